The molecule has 1 rings (SSSR count). The van der Waals surface area contributed by atoms with Crippen LogP contribution in [0.1, 0.15) is 46.6 Å². The second-order valence-corrected chi connectivity index (χ2v) is 5.58. The lowest BCUT2D eigenvalue weighted by Gasteiger charge is -2.16. The Bertz CT molecular complexity index is 528. The molecular weight excluding hydrogens is 261 g/mol. The first-order chi connectivity index (χ1) is 9.88. The number of halogens is 1. The number of allylic oxidation sites excluding steroid dienone is 5. The van der Waals surface area contributed by atoms with Crippen LogP contribution in [0.4, 0.5) is 10.1 Å². The summed E-state index contributed by atoms with van der Waals surface area (Å²) in [5.74, 6) is 0. The maximum atomic E-state index is 13.9. The Labute approximate surface area is 128 Å². The van der Waals surface area contributed by atoms with Gasteiger partial charge in [-0.25, -0.2) is 4.39 Å². The van der Waals surface area contributed by atoms with Crippen molar-refractivity contribution < 1.29 is 4.39 Å². The smallest absolute Gasteiger partial charge is 0.130 e. The van der Waals surface area contributed by atoms with Crippen molar-refractivity contribution in [3.63, 3.8) is 0 Å². The number of alkyl halides is 1. The summed E-state index contributed by atoms with van der Waals surface area (Å²) in [7, 11) is 0. The highest BCUT2D eigenvalue weighted by molar-refractivity contribution is 5.54. The SMILES string of the molecule is C\C=C/C=C(C)\C(=C\CC)Nc1ccc(C(C)(C)F)cc1. The van der Waals surface area contributed by atoms with Gasteiger partial charge >= 0.3 is 0 Å². The first-order valence-electron chi connectivity index (χ1n) is 7.45. The zero-order chi connectivity index (χ0) is 15.9. The average molecular weight is 287 g/mol. The number of benzene rings is 1. The monoisotopic (exact) mass is 287 g/mol. The lowest BCUT2D eigenvalue weighted by molar-refractivity contribution is 0.221. The summed E-state index contributed by atoms with van der Waals surface area (Å²) in [5, 5.41) is 3.40. The predicted octanol–water partition coefficient (Wildman–Crippen LogP) is 6.12. The van der Waals surface area contributed by atoms with E-state index in [1.807, 2.05) is 43.3 Å². The van der Waals surface area contributed by atoms with E-state index in [-0.39, 0.29) is 0 Å². The standard InChI is InChI=1S/C19H26FN/c1-6-8-10-15(3)18(9-7-2)21-17-13-11-16(12-14-17)19(4,5)20/h6,8-14,21H,7H2,1-5H3/b8-6-,15-10-,18-9-. The summed E-state index contributed by atoms with van der Waals surface area (Å²) in [4.78, 5) is 0. The van der Waals surface area contributed by atoms with Gasteiger partial charge in [0.15, 0.2) is 0 Å². The lowest BCUT2D eigenvalue weighted by Crippen LogP contribution is -2.09. The van der Waals surface area contributed by atoms with Crippen molar-refractivity contribution in [3.8, 4) is 0 Å². The van der Waals surface area contributed by atoms with E-state index in [2.05, 4.69) is 31.3 Å². The average Bonchev–Trinajstić information content (AvgIpc) is 2.44. The Kier molecular flexibility index (Phi) is 6.41. The van der Waals surface area contributed by atoms with Crippen molar-refractivity contribution >= 4 is 5.69 Å². The highest BCUT2D eigenvalue weighted by Gasteiger charge is 2.17. The van der Waals surface area contributed by atoms with E-state index >= 15 is 0 Å². The third kappa shape index (κ3) is 5.58. The Morgan fingerprint density at radius 1 is 1.24 bits per heavy atom. The fourth-order valence-corrected chi connectivity index (χ4v) is 1.95. The van der Waals surface area contributed by atoms with Crippen LogP contribution in [0.2, 0.25) is 0 Å². The van der Waals surface area contributed by atoms with Crippen LogP contribution >= 0.6 is 0 Å². The van der Waals surface area contributed by atoms with Gasteiger partial charge < -0.3 is 5.32 Å². The van der Waals surface area contributed by atoms with Crippen LogP contribution in [0.15, 0.2) is 59.8 Å². The first-order valence-corrected chi connectivity index (χ1v) is 7.45. The minimum Gasteiger partial charge on any atom is -0.356 e. The Morgan fingerprint density at radius 2 is 1.86 bits per heavy atom. The summed E-state index contributed by atoms with van der Waals surface area (Å²) >= 11 is 0. The highest BCUT2D eigenvalue weighted by Crippen LogP contribution is 2.26. The third-order valence-electron chi connectivity index (χ3n) is 3.22. The van der Waals surface area contributed by atoms with E-state index in [4.69, 9.17) is 0 Å². The van der Waals surface area contributed by atoms with E-state index in [9.17, 15) is 4.39 Å². The van der Waals surface area contributed by atoms with Crippen molar-refractivity contribution in [2.24, 2.45) is 0 Å². The fraction of sp³-hybridized carbons (Fsp3) is 0.368. The highest BCUT2D eigenvalue weighted by atomic mass is 19.1. The van der Waals surface area contributed by atoms with Gasteiger partial charge in [-0.05, 0) is 57.4 Å². The van der Waals surface area contributed by atoms with E-state index in [1.54, 1.807) is 13.8 Å². The van der Waals surface area contributed by atoms with Gasteiger partial charge in [0.05, 0.1) is 0 Å². The van der Waals surface area contributed by atoms with Gasteiger partial charge in [0.1, 0.15) is 5.67 Å². The number of rotatable bonds is 6. The first kappa shape index (κ1) is 17.2. The summed E-state index contributed by atoms with van der Waals surface area (Å²) in [5.41, 5.74) is 2.61. The molecule has 1 aromatic carbocycles. The molecule has 114 valence electrons. The Balaban J connectivity index is 2.93. The van der Waals surface area contributed by atoms with E-state index in [0.717, 1.165) is 17.8 Å². The van der Waals surface area contributed by atoms with Gasteiger partial charge in [0.25, 0.3) is 0 Å². The molecule has 0 aliphatic heterocycles. The molecule has 2 heteroatoms. The van der Waals surface area contributed by atoms with Gasteiger partial charge in [0, 0.05) is 11.4 Å². The lowest BCUT2D eigenvalue weighted by atomic mass is 10.00. The van der Waals surface area contributed by atoms with Crippen LogP contribution in [0.5, 0.6) is 0 Å². The van der Waals surface area contributed by atoms with Crippen molar-refractivity contribution in [1.82, 2.24) is 0 Å². The molecule has 1 N–H and O–H groups in total. The van der Waals surface area contributed by atoms with Crippen LogP contribution in [0, 0.1) is 0 Å². The second kappa shape index (κ2) is 7.82. The molecule has 0 radical (unpaired) electrons. The summed E-state index contributed by atoms with van der Waals surface area (Å²) < 4.78 is 13.9. The van der Waals surface area contributed by atoms with Gasteiger partial charge in [-0.2, -0.15) is 0 Å². The molecule has 0 amide bonds. The molecule has 0 unspecified atom stereocenters. The van der Waals surface area contributed by atoms with Gasteiger partial charge in [-0.3, -0.25) is 0 Å². The molecular formula is C19H26FN. The molecule has 0 aromatic heterocycles. The van der Waals surface area contributed by atoms with Crippen LogP contribution in [0.25, 0.3) is 0 Å². The molecule has 0 saturated carbocycles. The molecule has 0 bridgehead atoms. The van der Waals surface area contributed by atoms with Crippen LogP contribution in [-0.2, 0) is 5.67 Å². The van der Waals surface area contributed by atoms with E-state index < -0.39 is 5.67 Å². The molecule has 1 aromatic rings. The maximum absolute atomic E-state index is 13.9. The number of hydrogen-bond donors (Lipinski definition) is 1. The molecule has 21 heavy (non-hydrogen) atoms. The number of anilines is 1. The molecule has 0 aliphatic rings. The largest absolute Gasteiger partial charge is 0.356 e. The minimum absolute atomic E-state index is 0.690. The normalized spacial score (nSPS) is 13.8. The van der Waals surface area contributed by atoms with Crippen molar-refractivity contribution in [3.05, 3.63) is 65.4 Å². The van der Waals surface area contributed by atoms with Gasteiger partial charge in [-0.15, -0.1) is 0 Å². The van der Waals surface area contributed by atoms with E-state index in [1.165, 1.54) is 5.57 Å². The third-order valence-corrected chi connectivity index (χ3v) is 3.22. The number of nitrogens with one attached hydrogen (secondary N) is 1. The zero-order valence-corrected chi connectivity index (χ0v) is 13.7. The molecule has 0 saturated heterocycles. The minimum atomic E-state index is -1.30. The number of hydrogen-bond acceptors (Lipinski definition) is 1. The van der Waals surface area contributed by atoms with Crippen LogP contribution in [0.3, 0.4) is 0 Å². The molecule has 0 fully saturated rings. The molecule has 0 aliphatic carbocycles. The predicted molar refractivity (Wildman–Crippen MR) is 91.1 cm³/mol. The van der Waals surface area contributed by atoms with Crippen molar-refractivity contribution in [1.29, 1.82) is 0 Å². The quantitative estimate of drug-likeness (QED) is 0.621. The molecule has 1 nitrogen and oxygen atoms in total. The topological polar surface area (TPSA) is 12.0 Å². The molecule has 0 heterocycles. The van der Waals surface area contributed by atoms with Crippen LogP contribution in [-0.4, -0.2) is 0 Å². The molecule has 0 atom stereocenters. The summed E-state index contributed by atoms with van der Waals surface area (Å²) in [6.07, 6.45) is 9.22. The van der Waals surface area contributed by atoms with Gasteiger partial charge in [0.2, 0.25) is 0 Å². The van der Waals surface area contributed by atoms with E-state index in [0.29, 0.717) is 5.56 Å². The van der Waals surface area contributed by atoms with Gasteiger partial charge in [-0.1, -0.05) is 43.4 Å². The second-order valence-electron chi connectivity index (χ2n) is 5.58. The molecule has 0 spiro atoms. The fourth-order valence-electron chi connectivity index (χ4n) is 1.95. The van der Waals surface area contributed by atoms with Crippen LogP contribution < -0.4 is 5.32 Å². The summed E-state index contributed by atoms with van der Waals surface area (Å²) in [6.45, 7) is 9.33. The maximum Gasteiger partial charge on any atom is 0.130 e. The summed E-state index contributed by atoms with van der Waals surface area (Å²) in [6, 6.07) is 7.50. The Morgan fingerprint density at radius 3 is 2.33 bits per heavy atom. The van der Waals surface area contributed by atoms with Crippen molar-refractivity contribution in [2.75, 3.05) is 5.32 Å². The Hall–Kier alpha value is -1.83. The van der Waals surface area contributed by atoms with Crippen molar-refractivity contribution in [2.45, 2.75) is 46.7 Å². The zero-order valence-electron chi connectivity index (χ0n) is 13.7.